The van der Waals surface area contributed by atoms with Gasteiger partial charge in [0.1, 0.15) is 11.9 Å². The first kappa shape index (κ1) is 11.3. The lowest BCUT2D eigenvalue weighted by molar-refractivity contribution is 0.243. The van der Waals surface area contributed by atoms with Crippen molar-refractivity contribution < 1.29 is 9.53 Å². The highest BCUT2D eigenvalue weighted by molar-refractivity contribution is 7.71. The molecular weight excluding hydrogens is 228 g/mol. The van der Waals surface area contributed by atoms with Gasteiger partial charge in [0.05, 0.1) is 12.6 Å². The van der Waals surface area contributed by atoms with Crippen LogP contribution in [0.4, 0.5) is 4.79 Å². The molecule has 0 spiro atoms. The third-order valence-electron chi connectivity index (χ3n) is 2.88. The highest BCUT2D eigenvalue weighted by Gasteiger charge is 2.49. The Morgan fingerprint density at radius 1 is 1.81 bits per heavy atom. The number of amides is 1. The van der Waals surface area contributed by atoms with E-state index < -0.39 is 0 Å². The molecular formula is C9H14N4O2S. The van der Waals surface area contributed by atoms with E-state index in [0.29, 0.717) is 11.3 Å². The zero-order valence-corrected chi connectivity index (χ0v) is 10.2. The van der Waals surface area contributed by atoms with Crippen molar-refractivity contribution in [1.29, 1.82) is 0 Å². The van der Waals surface area contributed by atoms with Crippen molar-refractivity contribution >= 4 is 18.2 Å². The van der Waals surface area contributed by atoms with Crippen molar-refractivity contribution in [2.45, 2.75) is 32.1 Å². The summed E-state index contributed by atoms with van der Waals surface area (Å²) >= 11 is 5.15. The third-order valence-corrected chi connectivity index (χ3v) is 3.29. The minimum Gasteiger partial charge on any atom is -0.365 e. The fraction of sp³-hybridized carbons (Fsp3) is 0.667. The normalized spacial score (nSPS) is 27.8. The number of epoxide rings is 1. The van der Waals surface area contributed by atoms with Crippen LogP contribution in [0.3, 0.4) is 0 Å². The highest BCUT2D eigenvalue weighted by Crippen LogP contribution is 2.36. The first-order valence-electron chi connectivity index (χ1n) is 5.02. The predicted octanol–water partition coefficient (Wildman–Crippen LogP) is 0.779. The molecule has 6 nitrogen and oxygen atoms in total. The summed E-state index contributed by atoms with van der Waals surface area (Å²) in [6.45, 7) is 4.56. The van der Waals surface area contributed by atoms with Crippen LogP contribution in [0.25, 0.3) is 0 Å². The molecule has 1 saturated heterocycles. The van der Waals surface area contributed by atoms with Crippen molar-refractivity contribution in [3.8, 4) is 0 Å². The van der Waals surface area contributed by atoms with Crippen LogP contribution in [0.2, 0.25) is 0 Å². The fourth-order valence-electron chi connectivity index (χ4n) is 1.54. The summed E-state index contributed by atoms with van der Waals surface area (Å²) in [5.41, 5.74) is -0.208. The fourth-order valence-corrected chi connectivity index (χ4v) is 1.78. The average Bonchev–Trinajstić information content (AvgIpc) is 2.66. The molecule has 1 aliphatic rings. The van der Waals surface area contributed by atoms with Crippen molar-refractivity contribution in [3.63, 3.8) is 0 Å². The van der Waals surface area contributed by atoms with E-state index >= 15 is 0 Å². The summed E-state index contributed by atoms with van der Waals surface area (Å²) in [5, 5.41) is 6.57. The molecule has 16 heavy (non-hydrogen) atoms. The second-order valence-electron chi connectivity index (χ2n) is 4.07. The Bertz CT molecular complexity index is 480. The van der Waals surface area contributed by atoms with Crippen LogP contribution < -0.4 is 5.32 Å². The standard InChI is InChI=1S/C9H14N4O2S/c1-6-9(2,15-6)4-13-8(16)12(5-11-13)7(14)10-3/h5-6H,4H2,1-3H3,(H,10,14). The summed E-state index contributed by atoms with van der Waals surface area (Å²) in [4.78, 5) is 11.4. The maximum Gasteiger partial charge on any atom is 0.328 e. The first-order valence-corrected chi connectivity index (χ1v) is 5.43. The molecule has 2 unspecified atom stereocenters. The topological polar surface area (TPSA) is 64.4 Å². The molecule has 1 aromatic rings. The Kier molecular flexibility index (Phi) is 2.59. The first-order chi connectivity index (χ1) is 7.48. The quantitative estimate of drug-likeness (QED) is 0.615. The van der Waals surface area contributed by atoms with Gasteiger partial charge in [-0.2, -0.15) is 5.10 Å². The molecule has 0 aromatic carbocycles. The maximum absolute atomic E-state index is 11.4. The Morgan fingerprint density at radius 3 is 2.94 bits per heavy atom. The van der Waals surface area contributed by atoms with Crippen LogP contribution in [0.5, 0.6) is 0 Å². The monoisotopic (exact) mass is 242 g/mol. The van der Waals surface area contributed by atoms with E-state index in [4.69, 9.17) is 17.0 Å². The number of ether oxygens (including phenoxy) is 1. The van der Waals surface area contributed by atoms with Crippen molar-refractivity contribution in [2.75, 3.05) is 7.05 Å². The number of hydrogen-bond acceptors (Lipinski definition) is 4. The molecule has 1 amide bonds. The minimum absolute atomic E-state index is 0.208. The summed E-state index contributed by atoms with van der Waals surface area (Å²) in [6, 6.07) is -0.286. The number of carbonyl (C=O) groups is 1. The molecule has 1 aliphatic heterocycles. The Balaban J connectivity index is 2.21. The van der Waals surface area contributed by atoms with Gasteiger partial charge in [0, 0.05) is 7.05 Å². The number of nitrogens with one attached hydrogen (secondary N) is 1. The Hall–Kier alpha value is -1.21. The van der Waals surface area contributed by atoms with Gasteiger partial charge in [0.25, 0.3) is 0 Å². The molecule has 2 atom stereocenters. The average molecular weight is 242 g/mol. The molecule has 1 N–H and O–H groups in total. The minimum atomic E-state index is -0.286. The van der Waals surface area contributed by atoms with Gasteiger partial charge < -0.3 is 10.1 Å². The molecule has 0 bridgehead atoms. The van der Waals surface area contributed by atoms with Gasteiger partial charge in [-0.05, 0) is 26.1 Å². The molecule has 1 fully saturated rings. The van der Waals surface area contributed by atoms with Gasteiger partial charge >= 0.3 is 6.03 Å². The van der Waals surface area contributed by atoms with Crippen LogP contribution in [0.1, 0.15) is 13.8 Å². The predicted molar refractivity (Wildman–Crippen MR) is 59.9 cm³/mol. The number of nitrogens with zero attached hydrogens (tertiary/aromatic N) is 3. The third kappa shape index (κ3) is 1.76. The summed E-state index contributed by atoms with van der Waals surface area (Å²) in [6.07, 6.45) is 1.62. The second-order valence-corrected chi connectivity index (χ2v) is 4.43. The van der Waals surface area contributed by atoms with Gasteiger partial charge in [-0.15, -0.1) is 0 Å². The van der Waals surface area contributed by atoms with Crippen molar-refractivity contribution in [3.05, 3.63) is 11.1 Å². The molecule has 7 heteroatoms. The molecule has 0 saturated carbocycles. The number of aromatic nitrogens is 3. The van der Waals surface area contributed by atoms with Gasteiger partial charge in [-0.1, -0.05) is 0 Å². The zero-order valence-electron chi connectivity index (χ0n) is 9.43. The van der Waals surface area contributed by atoms with E-state index in [1.54, 1.807) is 11.7 Å². The molecule has 88 valence electrons. The van der Waals surface area contributed by atoms with Crippen LogP contribution in [-0.2, 0) is 11.3 Å². The van der Waals surface area contributed by atoms with E-state index in [2.05, 4.69) is 10.4 Å². The second kappa shape index (κ2) is 3.67. The Morgan fingerprint density at radius 2 is 2.44 bits per heavy atom. The summed E-state index contributed by atoms with van der Waals surface area (Å²) in [5.74, 6) is 0. The molecule has 1 aromatic heterocycles. The zero-order chi connectivity index (χ0) is 11.9. The summed E-state index contributed by atoms with van der Waals surface area (Å²) < 4.78 is 8.72. The number of carbonyl (C=O) groups excluding carboxylic acids is 1. The largest absolute Gasteiger partial charge is 0.365 e. The van der Waals surface area contributed by atoms with Crippen molar-refractivity contribution in [1.82, 2.24) is 19.7 Å². The molecule has 2 rings (SSSR count). The van der Waals surface area contributed by atoms with Gasteiger partial charge in [-0.3, -0.25) is 0 Å². The SMILES string of the molecule is CNC(=O)n1cnn(CC2(C)OC2C)c1=S. The molecule has 0 aliphatic carbocycles. The van der Waals surface area contributed by atoms with Crippen molar-refractivity contribution in [2.24, 2.45) is 0 Å². The van der Waals surface area contributed by atoms with E-state index in [1.807, 2.05) is 13.8 Å². The van der Waals surface area contributed by atoms with Crippen LogP contribution in [-0.4, -0.2) is 39.1 Å². The van der Waals surface area contributed by atoms with E-state index in [1.165, 1.54) is 10.9 Å². The van der Waals surface area contributed by atoms with E-state index in [9.17, 15) is 4.79 Å². The van der Waals surface area contributed by atoms with Crippen LogP contribution in [0.15, 0.2) is 6.33 Å². The van der Waals surface area contributed by atoms with Crippen LogP contribution in [0, 0.1) is 4.77 Å². The lowest BCUT2D eigenvalue weighted by Gasteiger charge is -2.05. The van der Waals surface area contributed by atoms with E-state index in [-0.39, 0.29) is 17.7 Å². The maximum atomic E-state index is 11.4. The number of rotatable bonds is 2. The molecule has 2 heterocycles. The van der Waals surface area contributed by atoms with E-state index in [0.717, 1.165) is 0 Å². The Labute approximate surface area is 98.2 Å². The highest BCUT2D eigenvalue weighted by atomic mass is 32.1. The number of hydrogen-bond donors (Lipinski definition) is 1. The van der Waals surface area contributed by atoms with Crippen LogP contribution >= 0.6 is 12.2 Å². The van der Waals surface area contributed by atoms with Gasteiger partial charge in [0.15, 0.2) is 0 Å². The smallest absolute Gasteiger partial charge is 0.328 e. The lowest BCUT2D eigenvalue weighted by Crippen LogP contribution is -2.25. The van der Waals surface area contributed by atoms with Gasteiger partial charge in [0.2, 0.25) is 4.77 Å². The lowest BCUT2D eigenvalue weighted by atomic mass is 10.1. The van der Waals surface area contributed by atoms with Gasteiger partial charge in [-0.25, -0.2) is 14.0 Å². The molecule has 0 radical (unpaired) electrons. The summed E-state index contributed by atoms with van der Waals surface area (Å²) in [7, 11) is 1.55.